The second-order valence-corrected chi connectivity index (χ2v) is 8.95. The molecule has 2 aromatic carbocycles. The zero-order valence-electron chi connectivity index (χ0n) is 18.1. The van der Waals surface area contributed by atoms with Crippen molar-refractivity contribution >= 4 is 11.3 Å². The predicted octanol–water partition coefficient (Wildman–Crippen LogP) is 5.29. The van der Waals surface area contributed by atoms with Gasteiger partial charge in [0.2, 0.25) is 0 Å². The van der Waals surface area contributed by atoms with Gasteiger partial charge in [-0.2, -0.15) is 11.3 Å². The third kappa shape index (κ3) is 5.18. The summed E-state index contributed by atoms with van der Waals surface area (Å²) >= 11 is 1.69. The van der Waals surface area contributed by atoms with E-state index < -0.39 is 6.10 Å². The largest absolute Gasteiger partial charge is 0.494 e. The topological polar surface area (TPSA) is 58.9 Å². The molecule has 1 aromatic heterocycles. The van der Waals surface area contributed by atoms with Crippen LogP contribution in [0, 0.1) is 6.92 Å². The fourth-order valence-corrected chi connectivity index (χ4v) is 4.95. The maximum absolute atomic E-state index is 10.3. The highest BCUT2D eigenvalue weighted by atomic mass is 32.1. The van der Waals surface area contributed by atoms with Gasteiger partial charge in [0.15, 0.2) is 0 Å². The first-order chi connectivity index (χ1) is 15.1. The van der Waals surface area contributed by atoms with Crippen LogP contribution in [0.3, 0.4) is 0 Å². The molecule has 1 fully saturated rings. The molecule has 0 spiro atoms. The van der Waals surface area contributed by atoms with Gasteiger partial charge < -0.3 is 19.7 Å². The molecule has 31 heavy (non-hydrogen) atoms. The van der Waals surface area contributed by atoms with Crippen molar-refractivity contribution in [3.05, 3.63) is 75.5 Å². The molecule has 3 atom stereocenters. The van der Waals surface area contributed by atoms with Gasteiger partial charge in [0, 0.05) is 12.8 Å². The van der Waals surface area contributed by atoms with Gasteiger partial charge in [-0.3, -0.25) is 0 Å². The Hall–Kier alpha value is -2.18. The van der Waals surface area contributed by atoms with Crippen LogP contribution in [0.5, 0.6) is 5.75 Å². The number of aliphatic hydroxyl groups is 2. The van der Waals surface area contributed by atoms with E-state index in [9.17, 15) is 10.2 Å². The molecule has 0 bridgehead atoms. The number of hydrogen-bond donors (Lipinski definition) is 2. The third-order valence-electron chi connectivity index (χ3n) is 5.95. The van der Waals surface area contributed by atoms with Crippen molar-refractivity contribution in [3.63, 3.8) is 0 Å². The molecule has 1 saturated heterocycles. The van der Waals surface area contributed by atoms with Crippen molar-refractivity contribution in [2.45, 2.75) is 51.4 Å². The van der Waals surface area contributed by atoms with Crippen LogP contribution in [0.25, 0.3) is 11.1 Å². The summed E-state index contributed by atoms with van der Waals surface area (Å²) in [5.74, 6) is 0.885. The van der Waals surface area contributed by atoms with Gasteiger partial charge in [0.25, 0.3) is 0 Å². The minimum atomic E-state index is -0.462. The highest BCUT2D eigenvalue weighted by Gasteiger charge is 2.29. The van der Waals surface area contributed by atoms with Crippen LogP contribution in [-0.4, -0.2) is 35.6 Å². The van der Waals surface area contributed by atoms with Gasteiger partial charge in [-0.25, -0.2) is 0 Å². The second kappa shape index (κ2) is 9.96. The zero-order chi connectivity index (χ0) is 21.8. The van der Waals surface area contributed by atoms with E-state index >= 15 is 0 Å². The van der Waals surface area contributed by atoms with Gasteiger partial charge in [-0.15, -0.1) is 0 Å². The molecular formula is C26H30O4S. The van der Waals surface area contributed by atoms with E-state index in [-0.39, 0.29) is 18.8 Å². The molecule has 1 aliphatic rings. The number of ether oxygens (including phenoxy) is 2. The van der Waals surface area contributed by atoms with E-state index in [0.717, 1.165) is 17.7 Å². The lowest BCUT2D eigenvalue weighted by Gasteiger charge is -2.33. The van der Waals surface area contributed by atoms with Crippen molar-refractivity contribution in [1.82, 2.24) is 0 Å². The van der Waals surface area contributed by atoms with Crippen molar-refractivity contribution in [3.8, 4) is 16.9 Å². The number of rotatable bonds is 7. The summed E-state index contributed by atoms with van der Waals surface area (Å²) in [6.45, 7) is 4.75. The molecule has 4 rings (SSSR count). The molecule has 0 amide bonds. The first-order valence-electron chi connectivity index (χ1n) is 10.9. The Morgan fingerprint density at radius 2 is 1.94 bits per heavy atom. The summed E-state index contributed by atoms with van der Waals surface area (Å²) in [6.07, 6.45) is 0.825. The molecule has 3 aromatic rings. The Kier molecular flexibility index (Phi) is 7.08. The molecule has 0 saturated carbocycles. The Morgan fingerprint density at radius 1 is 1.13 bits per heavy atom. The van der Waals surface area contributed by atoms with Crippen LogP contribution in [0.2, 0.25) is 0 Å². The molecule has 4 nitrogen and oxygen atoms in total. The van der Waals surface area contributed by atoms with Crippen LogP contribution in [0.4, 0.5) is 0 Å². The Balaban J connectivity index is 1.70. The SMILES string of the molecule is CCOc1ccc(Cc2cc(C3CC(O)CC(CO)O3)cc(-c3ccsc3)c2C)cc1. The smallest absolute Gasteiger partial charge is 0.119 e. The highest BCUT2D eigenvalue weighted by molar-refractivity contribution is 7.08. The van der Waals surface area contributed by atoms with Crippen LogP contribution in [0.15, 0.2) is 53.2 Å². The molecule has 0 radical (unpaired) electrons. The van der Waals surface area contributed by atoms with Crippen LogP contribution in [-0.2, 0) is 11.2 Å². The monoisotopic (exact) mass is 438 g/mol. The lowest BCUT2D eigenvalue weighted by atomic mass is 9.88. The fourth-order valence-electron chi connectivity index (χ4n) is 4.30. The summed E-state index contributed by atoms with van der Waals surface area (Å²) in [6, 6.07) is 14.8. The summed E-state index contributed by atoms with van der Waals surface area (Å²) in [4.78, 5) is 0. The first kappa shape index (κ1) is 22.0. The van der Waals surface area contributed by atoms with E-state index in [4.69, 9.17) is 9.47 Å². The quantitative estimate of drug-likeness (QED) is 0.526. The molecule has 3 unspecified atom stereocenters. The summed E-state index contributed by atoms with van der Waals surface area (Å²) in [7, 11) is 0. The van der Waals surface area contributed by atoms with Crippen LogP contribution < -0.4 is 4.74 Å². The Bertz CT molecular complexity index is 981. The summed E-state index contributed by atoms with van der Waals surface area (Å²) in [5.41, 5.74) is 7.18. The average molecular weight is 439 g/mol. The fraction of sp³-hybridized carbons (Fsp3) is 0.385. The number of thiophene rings is 1. The molecule has 5 heteroatoms. The molecular weight excluding hydrogens is 408 g/mol. The summed E-state index contributed by atoms with van der Waals surface area (Å²) < 4.78 is 11.7. The maximum atomic E-state index is 10.3. The standard InChI is InChI=1S/C26H30O4S/c1-3-29-23-6-4-18(5-7-23)10-20-11-21(26-14-22(28)13-24(15-27)30-26)12-25(17(20)2)19-8-9-31-16-19/h4-9,11-12,16,22,24,26-28H,3,10,13-15H2,1-2H3. The van der Waals surface area contributed by atoms with Crippen LogP contribution >= 0.6 is 11.3 Å². The molecule has 2 N–H and O–H groups in total. The van der Waals surface area contributed by atoms with Crippen molar-refractivity contribution < 1.29 is 19.7 Å². The van der Waals surface area contributed by atoms with E-state index in [1.54, 1.807) is 11.3 Å². The lowest BCUT2D eigenvalue weighted by molar-refractivity contribution is -0.113. The van der Waals surface area contributed by atoms with Crippen molar-refractivity contribution in [1.29, 1.82) is 0 Å². The second-order valence-electron chi connectivity index (χ2n) is 8.17. The maximum Gasteiger partial charge on any atom is 0.119 e. The van der Waals surface area contributed by atoms with Gasteiger partial charge in [-0.05, 0) is 88.7 Å². The number of benzene rings is 2. The average Bonchev–Trinajstić information content (AvgIpc) is 3.31. The van der Waals surface area contributed by atoms with Gasteiger partial charge in [-0.1, -0.05) is 18.2 Å². The zero-order valence-corrected chi connectivity index (χ0v) is 18.9. The number of aliphatic hydroxyl groups excluding tert-OH is 2. The first-order valence-corrected chi connectivity index (χ1v) is 11.8. The Labute approximate surface area is 188 Å². The molecule has 0 aliphatic carbocycles. The van der Waals surface area contributed by atoms with E-state index in [1.165, 1.54) is 27.8 Å². The van der Waals surface area contributed by atoms with Crippen molar-refractivity contribution in [2.24, 2.45) is 0 Å². The number of hydrogen-bond acceptors (Lipinski definition) is 5. The minimum absolute atomic E-state index is 0.0736. The van der Waals surface area contributed by atoms with Crippen molar-refractivity contribution in [2.75, 3.05) is 13.2 Å². The van der Waals surface area contributed by atoms with Crippen LogP contribution in [0.1, 0.15) is 48.1 Å². The minimum Gasteiger partial charge on any atom is -0.494 e. The Morgan fingerprint density at radius 3 is 2.61 bits per heavy atom. The predicted molar refractivity (Wildman–Crippen MR) is 125 cm³/mol. The molecule has 164 valence electrons. The normalized spacial score (nSPS) is 21.2. The lowest BCUT2D eigenvalue weighted by Crippen LogP contribution is -2.33. The summed E-state index contributed by atoms with van der Waals surface area (Å²) in [5, 5.41) is 24.2. The van der Waals surface area contributed by atoms with Gasteiger partial charge >= 0.3 is 0 Å². The van der Waals surface area contributed by atoms with E-state index in [0.29, 0.717) is 19.4 Å². The van der Waals surface area contributed by atoms with Gasteiger partial charge in [0.1, 0.15) is 5.75 Å². The molecule has 1 aliphatic heterocycles. The molecule has 2 heterocycles. The van der Waals surface area contributed by atoms with E-state index in [1.807, 2.05) is 19.1 Å². The van der Waals surface area contributed by atoms with E-state index in [2.05, 4.69) is 48.0 Å². The van der Waals surface area contributed by atoms with Gasteiger partial charge in [0.05, 0.1) is 31.5 Å². The third-order valence-corrected chi connectivity index (χ3v) is 6.64. The highest BCUT2D eigenvalue weighted by Crippen LogP contribution is 2.37.